The second kappa shape index (κ2) is 5.89. The molecule has 122 valence electrons. The van der Waals surface area contributed by atoms with Gasteiger partial charge in [0, 0.05) is 29.0 Å². The number of hydrogen-bond donors (Lipinski definition) is 1. The molecule has 1 aliphatic heterocycles. The summed E-state index contributed by atoms with van der Waals surface area (Å²) in [5, 5.41) is 10.9. The molecule has 0 aliphatic carbocycles. The van der Waals surface area contributed by atoms with E-state index in [0.717, 1.165) is 22.9 Å². The van der Waals surface area contributed by atoms with Crippen LogP contribution in [0.15, 0.2) is 18.2 Å². The summed E-state index contributed by atoms with van der Waals surface area (Å²) in [6, 6.07) is 4.84. The molecule has 1 saturated heterocycles. The number of hydrogen-bond acceptors (Lipinski definition) is 2. The minimum Gasteiger partial charge on any atom is -0.480 e. The molecule has 23 heavy (non-hydrogen) atoms. The minimum absolute atomic E-state index is 0.207. The highest BCUT2D eigenvalue weighted by Crippen LogP contribution is 2.30. The molecule has 1 unspecified atom stereocenters. The van der Waals surface area contributed by atoms with Crippen molar-refractivity contribution in [3.8, 4) is 0 Å². The van der Waals surface area contributed by atoms with E-state index >= 15 is 0 Å². The molecule has 0 radical (unpaired) electrons. The van der Waals surface area contributed by atoms with Gasteiger partial charge in [0.25, 0.3) is 5.91 Å². The number of carboxylic acids is 1. The lowest BCUT2D eigenvalue weighted by atomic mass is 10.1. The van der Waals surface area contributed by atoms with E-state index in [0.29, 0.717) is 30.2 Å². The van der Waals surface area contributed by atoms with Crippen molar-refractivity contribution >= 4 is 34.4 Å². The van der Waals surface area contributed by atoms with Gasteiger partial charge in [0.1, 0.15) is 11.7 Å². The Labute approximate surface area is 139 Å². The van der Waals surface area contributed by atoms with Gasteiger partial charge in [0.15, 0.2) is 0 Å². The van der Waals surface area contributed by atoms with E-state index in [4.69, 9.17) is 11.6 Å². The van der Waals surface area contributed by atoms with Crippen LogP contribution in [0.4, 0.5) is 0 Å². The van der Waals surface area contributed by atoms with E-state index in [9.17, 15) is 14.7 Å². The van der Waals surface area contributed by atoms with E-state index < -0.39 is 12.0 Å². The number of rotatable bonds is 3. The maximum Gasteiger partial charge on any atom is 0.326 e. The number of fused-ring (bicyclic) bond motifs is 1. The van der Waals surface area contributed by atoms with E-state index in [1.165, 1.54) is 4.90 Å². The molecule has 0 bridgehead atoms. The lowest BCUT2D eigenvalue weighted by molar-refractivity contribution is -0.141. The molecule has 1 aromatic heterocycles. The fourth-order valence-corrected chi connectivity index (χ4v) is 3.67. The maximum atomic E-state index is 13.0. The van der Waals surface area contributed by atoms with Crippen LogP contribution in [0, 0.1) is 6.92 Å². The molecule has 6 heteroatoms. The average Bonchev–Trinajstić information content (AvgIpc) is 3.10. The Morgan fingerprint density at radius 3 is 2.78 bits per heavy atom. The van der Waals surface area contributed by atoms with Gasteiger partial charge >= 0.3 is 5.97 Å². The first-order valence-corrected chi connectivity index (χ1v) is 8.15. The number of aryl methyl sites for hydroxylation is 2. The third-order valence-electron chi connectivity index (χ3n) is 4.60. The standard InChI is InChI=1S/C17H19ClN2O3/c1-3-19-13-7-6-11(18)9-12(13)10(2)15(19)16(21)20-8-4-5-14(20)17(22)23/h6-7,9,14H,3-5,8H2,1-2H3,(H,22,23). The normalized spacial score (nSPS) is 17.9. The molecule has 3 rings (SSSR count). The zero-order valence-corrected chi connectivity index (χ0v) is 13.9. The topological polar surface area (TPSA) is 62.5 Å². The number of nitrogens with zero attached hydrogens (tertiary/aromatic N) is 2. The Bertz CT molecular complexity index is 797. The fourth-order valence-electron chi connectivity index (χ4n) is 3.50. The average molecular weight is 335 g/mol. The Balaban J connectivity index is 2.13. The zero-order chi connectivity index (χ0) is 16.7. The van der Waals surface area contributed by atoms with Crippen molar-refractivity contribution in [2.45, 2.75) is 39.3 Å². The monoisotopic (exact) mass is 334 g/mol. The maximum absolute atomic E-state index is 13.0. The number of carboxylic acid groups (broad SMARTS) is 1. The first-order chi connectivity index (χ1) is 11.0. The lowest BCUT2D eigenvalue weighted by Gasteiger charge is -2.22. The van der Waals surface area contributed by atoms with Gasteiger partial charge in [-0.3, -0.25) is 4.79 Å². The van der Waals surface area contributed by atoms with Gasteiger partial charge in [-0.2, -0.15) is 0 Å². The summed E-state index contributed by atoms with van der Waals surface area (Å²) in [6.45, 7) is 4.99. The van der Waals surface area contributed by atoms with Crippen molar-refractivity contribution in [2.24, 2.45) is 0 Å². The molecule has 1 amide bonds. The number of carbonyl (C=O) groups is 2. The highest BCUT2D eigenvalue weighted by Gasteiger charge is 2.36. The van der Waals surface area contributed by atoms with E-state index in [1.807, 2.05) is 30.5 Å². The summed E-state index contributed by atoms with van der Waals surface area (Å²) in [4.78, 5) is 25.9. The summed E-state index contributed by atoms with van der Waals surface area (Å²) >= 11 is 6.08. The molecule has 2 aromatic rings. The molecule has 1 aromatic carbocycles. The second-order valence-corrected chi connectivity index (χ2v) is 6.31. The summed E-state index contributed by atoms with van der Waals surface area (Å²) in [5.41, 5.74) is 2.37. The largest absolute Gasteiger partial charge is 0.480 e. The zero-order valence-electron chi connectivity index (χ0n) is 13.2. The van der Waals surface area contributed by atoms with Crippen LogP contribution in [0.25, 0.3) is 10.9 Å². The SMILES string of the molecule is CCn1c(C(=O)N2CCCC2C(=O)O)c(C)c2cc(Cl)ccc21. The predicted molar refractivity (Wildman–Crippen MR) is 89.1 cm³/mol. The van der Waals surface area contributed by atoms with Crippen LogP contribution in [-0.2, 0) is 11.3 Å². The quantitative estimate of drug-likeness (QED) is 0.936. The first-order valence-electron chi connectivity index (χ1n) is 7.77. The number of benzene rings is 1. The molecular formula is C17H19ClN2O3. The van der Waals surface area contributed by atoms with Gasteiger partial charge in [-0.1, -0.05) is 11.6 Å². The molecule has 0 spiro atoms. The lowest BCUT2D eigenvalue weighted by Crippen LogP contribution is -2.41. The van der Waals surface area contributed by atoms with Gasteiger partial charge < -0.3 is 14.6 Å². The van der Waals surface area contributed by atoms with Gasteiger partial charge in [-0.25, -0.2) is 4.79 Å². The van der Waals surface area contributed by atoms with Gasteiger partial charge in [-0.15, -0.1) is 0 Å². The van der Waals surface area contributed by atoms with Crippen LogP contribution in [0.5, 0.6) is 0 Å². The number of likely N-dealkylation sites (tertiary alicyclic amines) is 1. The van der Waals surface area contributed by atoms with Crippen LogP contribution >= 0.6 is 11.6 Å². The third-order valence-corrected chi connectivity index (χ3v) is 4.83. The van der Waals surface area contributed by atoms with Crippen molar-refractivity contribution in [2.75, 3.05) is 6.54 Å². The number of halogens is 1. The van der Waals surface area contributed by atoms with Crippen LogP contribution < -0.4 is 0 Å². The molecule has 0 saturated carbocycles. The number of amides is 1. The van der Waals surface area contributed by atoms with Gasteiger partial charge in [-0.05, 0) is 50.5 Å². The molecule has 1 N–H and O–H groups in total. The second-order valence-electron chi connectivity index (χ2n) is 5.87. The van der Waals surface area contributed by atoms with Crippen molar-refractivity contribution < 1.29 is 14.7 Å². The Morgan fingerprint density at radius 1 is 1.39 bits per heavy atom. The van der Waals surface area contributed by atoms with E-state index in [-0.39, 0.29) is 5.91 Å². The summed E-state index contributed by atoms with van der Waals surface area (Å²) in [5.74, 6) is -1.14. The molecular weight excluding hydrogens is 316 g/mol. The van der Waals surface area contributed by atoms with Crippen LogP contribution in [0.3, 0.4) is 0 Å². The van der Waals surface area contributed by atoms with E-state index in [2.05, 4.69) is 0 Å². The molecule has 1 fully saturated rings. The summed E-state index contributed by atoms with van der Waals surface area (Å²) in [6.07, 6.45) is 1.23. The molecule has 1 aliphatic rings. The Kier molecular flexibility index (Phi) is 4.06. The first kappa shape index (κ1) is 15.9. The minimum atomic E-state index is -0.935. The molecule has 1 atom stereocenters. The molecule has 2 heterocycles. The van der Waals surface area contributed by atoms with Crippen LogP contribution in [0.2, 0.25) is 5.02 Å². The van der Waals surface area contributed by atoms with E-state index in [1.54, 1.807) is 6.07 Å². The van der Waals surface area contributed by atoms with Gasteiger partial charge in [0.05, 0.1) is 0 Å². The summed E-state index contributed by atoms with van der Waals surface area (Å²) < 4.78 is 1.94. The highest BCUT2D eigenvalue weighted by atomic mass is 35.5. The van der Waals surface area contributed by atoms with Crippen molar-refractivity contribution in [3.05, 3.63) is 34.5 Å². The highest BCUT2D eigenvalue weighted by molar-refractivity contribution is 6.31. The Hall–Kier alpha value is -2.01. The van der Waals surface area contributed by atoms with Crippen LogP contribution in [0.1, 0.15) is 35.8 Å². The smallest absolute Gasteiger partial charge is 0.326 e. The fraction of sp³-hybridized carbons (Fsp3) is 0.412. The number of carbonyl (C=O) groups excluding carboxylic acids is 1. The van der Waals surface area contributed by atoms with Crippen molar-refractivity contribution in [3.63, 3.8) is 0 Å². The number of aromatic nitrogens is 1. The predicted octanol–water partition coefficient (Wildman–Crippen LogP) is 3.31. The van der Waals surface area contributed by atoms with Crippen molar-refractivity contribution in [1.29, 1.82) is 0 Å². The Morgan fingerprint density at radius 2 is 2.13 bits per heavy atom. The summed E-state index contributed by atoms with van der Waals surface area (Å²) in [7, 11) is 0. The van der Waals surface area contributed by atoms with Crippen molar-refractivity contribution in [1.82, 2.24) is 9.47 Å². The number of aliphatic carboxylic acids is 1. The third kappa shape index (κ3) is 2.49. The van der Waals surface area contributed by atoms with Crippen LogP contribution in [-0.4, -0.2) is 39.0 Å². The molecule has 5 nitrogen and oxygen atoms in total. The van der Waals surface area contributed by atoms with Gasteiger partial charge in [0.2, 0.25) is 0 Å².